The van der Waals surface area contributed by atoms with Gasteiger partial charge in [-0.05, 0) is 25.5 Å². The Bertz CT molecular complexity index is 518. The molecular formula is C16H21F2NO3. The predicted octanol–water partition coefficient (Wildman–Crippen LogP) is 2.91. The molecule has 1 spiro atoms. The average molecular weight is 313 g/mol. The number of rotatable bonds is 5. The first-order valence-corrected chi connectivity index (χ1v) is 7.52. The largest absolute Gasteiger partial charge is 0.497 e. The molecule has 0 amide bonds. The lowest BCUT2D eigenvalue weighted by molar-refractivity contribution is -0.0508. The summed E-state index contributed by atoms with van der Waals surface area (Å²) in [5, 5.41) is 0. The van der Waals surface area contributed by atoms with Crippen LogP contribution >= 0.6 is 0 Å². The molecule has 4 nitrogen and oxygen atoms in total. The van der Waals surface area contributed by atoms with Crippen molar-refractivity contribution in [1.29, 1.82) is 0 Å². The normalized spacial score (nSPS) is 25.3. The molecule has 1 atom stereocenters. The Hall–Kier alpha value is -1.40. The van der Waals surface area contributed by atoms with Crippen LogP contribution in [-0.2, 0) is 11.3 Å². The van der Waals surface area contributed by atoms with E-state index in [4.69, 9.17) is 9.47 Å². The minimum Gasteiger partial charge on any atom is -0.497 e. The Morgan fingerprint density at radius 3 is 2.91 bits per heavy atom. The number of hydrogen-bond acceptors (Lipinski definition) is 4. The fourth-order valence-electron chi connectivity index (χ4n) is 3.37. The molecule has 0 bridgehead atoms. The molecule has 3 rings (SSSR count). The Labute approximate surface area is 129 Å². The molecule has 0 radical (unpaired) electrons. The van der Waals surface area contributed by atoms with Gasteiger partial charge in [-0.2, -0.15) is 8.78 Å². The highest BCUT2D eigenvalue weighted by molar-refractivity contribution is 5.40. The van der Waals surface area contributed by atoms with Gasteiger partial charge in [-0.25, -0.2) is 0 Å². The van der Waals surface area contributed by atoms with Gasteiger partial charge in [0.1, 0.15) is 11.5 Å². The number of likely N-dealkylation sites (tertiary alicyclic amines) is 1. The van der Waals surface area contributed by atoms with Crippen molar-refractivity contribution >= 4 is 0 Å². The number of halogens is 2. The van der Waals surface area contributed by atoms with Crippen LogP contribution in [0.3, 0.4) is 0 Å². The number of methoxy groups -OCH3 is 1. The minimum absolute atomic E-state index is 0.193. The molecule has 2 heterocycles. The van der Waals surface area contributed by atoms with Gasteiger partial charge in [0.15, 0.2) is 0 Å². The zero-order chi connectivity index (χ0) is 15.6. The van der Waals surface area contributed by atoms with Gasteiger partial charge < -0.3 is 14.2 Å². The lowest BCUT2D eigenvalue weighted by Gasteiger charge is -2.23. The highest BCUT2D eigenvalue weighted by Crippen LogP contribution is 2.39. The Balaban J connectivity index is 1.71. The third-order valence-electron chi connectivity index (χ3n) is 4.59. The van der Waals surface area contributed by atoms with Crippen molar-refractivity contribution in [2.24, 2.45) is 5.41 Å². The Morgan fingerprint density at radius 1 is 1.36 bits per heavy atom. The molecule has 0 unspecified atom stereocenters. The maximum Gasteiger partial charge on any atom is 0.387 e. The van der Waals surface area contributed by atoms with Crippen LogP contribution in [0.5, 0.6) is 11.5 Å². The summed E-state index contributed by atoms with van der Waals surface area (Å²) in [6, 6.07) is 5.09. The highest BCUT2D eigenvalue weighted by atomic mass is 19.3. The minimum atomic E-state index is -2.83. The van der Waals surface area contributed by atoms with Gasteiger partial charge in [-0.15, -0.1) is 0 Å². The lowest BCUT2D eigenvalue weighted by atomic mass is 9.87. The first-order valence-electron chi connectivity index (χ1n) is 7.52. The molecule has 2 saturated heterocycles. The topological polar surface area (TPSA) is 30.9 Å². The molecule has 22 heavy (non-hydrogen) atoms. The Morgan fingerprint density at radius 2 is 2.23 bits per heavy atom. The Kier molecular flexibility index (Phi) is 4.49. The molecule has 2 aliphatic rings. The monoisotopic (exact) mass is 313 g/mol. The molecule has 1 aromatic carbocycles. The van der Waals surface area contributed by atoms with Gasteiger partial charge in [0.25, 0.3) is 0 Å². The van der Waals surface area contributed by atoms with Crippen LogP contribution < -0.4 is 9.47 Å². The first kappa shape index (κ1) is 15.5. The van der Waals surface area contributed by atoms with E-state index in [1.165, 1.54) is 13.2 Å². The molecule has 0 aromatic heterocycles. The van der Waals surface area contributed by atoms with Crippen LogP contribution in [0.2, 0.25) is 0 Å². The maximum absolute atomic E-state index is 12.6. The summed E-state index contributed by atoms with van der Waals surface area (Å²) in [5.41, 5.74) is 1.02. The van der Waals surface area contributed by atoms with Crippen LogP contribution in [0.4, 0.5) is 8.78 Å². The van der Waals surface area contributed by atoms with Crippen molar-refractivity contribution < 1.29 is 23.0 Å². The van der Waals surface area contributed by atoms with Crippen molar-refractivity contribution in [3.63, 3.8) is 0 Å². The second-order valence-electron chi connectivity index (χ2n) is 6.12. The molecule has 122 valence electrons. The standard InChI is InChI=1S/C16H21F2NO3/c1-20-13-3-2-12(14(8-13)22-15(17)18)9-19-6-4-16(10-19)5-7-21-11-16/h2-3,8,15H,4-7,9-11H2,1H3/t16-/m0/s1. The second-order valence-corrected chi connectivity index (χ2v) is 6.12. The SMILES string of the molecule is COc1ccc(CN2CC[C@]3(CCOC3)C2)c(OC(F)F)c1. The summed E-state index contributed by atoms with van der Waals surface area (Å²) < 4.78 is 40.4. The molecule has 1 aromatic rings. The van der Waals surface area contributed by atoms with Gasteiger partial charge in [-0.1, -0.05) is 6.07 Å². The van der Waals surface area contributed by atoms with Crippen molar-refractivity contribution in [3.05, 3.63) is 23.8 Å². The fourth-order valence-corrected chi connectivity index (χ4v) is 3.37. The van der Waals surface area contributed by atoms with Crippen molar-refractivity contribution in [2.75, 3.05) is 33.4 Å². The van der Waals surface area contributed by atoms with Crippen LogP contribution in [0.1, 0.15) is 18.4 Å². The first-order chi connectivity index (χ1) is 10.6. The van der Waals surface area contributed by atoms with E-state index in [0.29, 0.717) is 12.3 Å². The maximum atomic E-state index is 12.6. The van der Waals surface area contributed by atoms with E-state index in [1.54, 1.807) is 12.1 Å². The van der Waals surface area contributed by atoms with Crippen molar-refractivity contribution in [2.45, 2.75) is 26.0 Å². The van der Waals surface area contributed by atoms with Crippen LogP contribution in [0, 0.1) is 5.41 Å². The molecule has 2 aliphatic heterocycles. The summed E-state index contributed by atoms with van der Waals surface area (Å²) in [4.78, 5) is 2.29. The predicted molar refractivity (Wildman–Crippen MR) is 77.4 cm³/mol. The van der Waals surface area contributed by atoms with Gasteiger partial charge in [-0.3, -0.25) is 4.90 Å². The molecule has 6 heteroatoms. The number of nitrogens with zero attached hydrogens (tertiary/aromatic N) is 1. The van der Waals surface area contributed by atoms with Crippen LogP contribution in [0.15, 0.2) is 18.2 Å². The van der Waals surface area contributed by atoms with Gasteiger partial charge >= 0.3 is 6.61 Å². The number of ether oxygens (including phenoxy) is 3. The number of alkyl halides is 2. The molecule has 0 saturated carbocycles. The summed E-state index contributed by atoms with van der Waals surface area (Å²) in [5.74, 6) is 0.708. The van der Waals surface area contributed by atoms with Crippen molar-refractivity contribution in [3.8, 4) is 11.5 Å². The van der Waals surface area contributed by atoms with Crippen LogP contribution in [0.25, 0.3) is 0 Å². The van der Waals surface area contributed by atoms with Crippen molar-refractivity contribution in [1.82, 2.24) is 4.90 Å². The van der Waals surface area contributed by atoms with Gasteiger partial charge in [0, 0.05) is 36.7 Å². The molecular weight excluding hydrogens is 292 g/mol. The second kappa shape index (κ2) is 6.38. The molecule has 0 aliphatic carbocycles. The van der Waals surface area contributed by atoms with E-state index < -0.39 is 6.61 Å². The number of hydrogen-bond donors (Lipinski definition) is 0. The molecule has 0 N–H and O–H groups in total. The van der Waals surface area contributed by atoms with Gasteiger partial charge in [0.05, 0.1) is 13.7 Å². The zero-order valence-electron chi connectivity index (χ0n) is 12.7. The third-order valence-corrected chi connectivity index (χ3v) is 4.59. The van der Waals surface area contributed by atoms with Crippen LogP contribution in [-0.4, -0.2) is 44.9 Å². The van der Waals surface area contributed by atoms with E-state index >= 15 is 0 Å². The third kappa shape index (κ3) is 3.33. The van der Waals surface area contributed by atoms with E-state index in [0.717, 1.165) is 44.7 Å². The zero-order valence-corrected chi connectivity index (χ0v) is 12.7. The summed E-state index contributed by atoms with van der Waals surface area (Å²) in [7, 11) is 1.51. The highest BCUT2D eigenvalue weighted by Gasteiger charge is 2.41. The van der Waals surface area contributed by atoms with E-state index in [9.17, 15) is 8.78 Å². The lowest BCUT2D eigenvalue weighted by Crippen LogP contribution is -2.27. The fraction of sp³-hybridized carbons (Fsp3) is 0.625. The molecule has 2 fully saturated rings. The van der Waals surface area contributed by atoms with Gasteiger partial charge in [0.2, 0.25) is 0 Å². The van der Waals surface area contributed by atoms with E-state index in [1.807, 2.05) is 0 Å². The van der Waals surface area contributed by atoms with E-state index in [2.05, 4.69) is 9.64 Å². The quantitative estimate of drug-likeness (QED) is 0.836. The summed E-state index contributed by atoms with van der Waals surface area (Å²) in [6.45, 7) is 1.33. The number of benzene rings is 1. The summed E-state index contributed by atoms with van der Waals surface area (Å²) in [6.07, 6.45) is 2.20. The average Bonchev–Trinajstić information content (AvgIpc) is 3.11. The summed E-state index contributed by atoms with van der Waals surface area (Å²) >= 11 is 0. The van der Waals surface area contributed by atoms with E-state index in [-0.39, 0.29) is 11.2 Å². The smallest absolute Gasteiger partial charge is 0.387 e.